The first-order chi connectivity index (χ1) is 9.21. The van der Waals surface area contributed by atoms with Crippen LogP contribution in [0, 0.1) is 0 Å². The summed E-state index contributed by atoms with van der Waals surface area (Å²) in [6.45, 7) is 7.84. The van der Waals surface area contributed by atoms with E-state index in [1.165, 1.54) is 0 Å². The quantitative estimate of drug-likeness (QED) is 0.664. The molecule has 0 aliphatic rings. The molecular formula is C15H28N2O2. The van der Waals surface area contributed by atoms with Crippen LogP contribution in [0.1, 0.15) is 58.2 Å². The summed E-state index contributed by atoms with van der Waals surface area (Å²) < 4.78 is 7.41. The van der Waals surface area contributed by atoms with E-state index in [0.717, 1.165) is 31.6 Å². The molecule has 1 aromatic heterocycles. The van der Waals surface area contributed by atoms with Crippen LogP contribution in [0.4, 0.5) is 0 Å². The molecule has 1 unspecified atom stereocenters. The Morgan fingerprint density at radius 3 is 2.63 bits per heavy atom. The van der Waals surface area contributed by atoms with Gasteiger partial charge in [0.25, 0.3) is 0 Å². The topological polar surface area (TPSA) is 47.3 Å². The first-order valence-corrected chi connectivity index (χ1v) is 7.51. The van der Waals surface area contributed by atoms with Crippen molar-refractivity contribution in [1.82, 2.24) is 9.78 Å². The van der Waals surface area contributed by atoms with Crippen LogP contribution in [0.2, 0.25) is 0 Å². The molecule has 0 radical (unpaired) electrons. The summed E-state index contributed by atoms with van der Waals surface area (Å²) in [7, 11) is 0. The minimum absolute atomic E-state index is 0.359. The van der Waals surface area contributed by atoms with Gasteiger partial charge < -0.3 is 9.84 Å². The third kappa shape index (κ3) is 5.74. The molecule has 0 aromatic carbocycles. The lowest BCUT2D eigenvalue weighted by molar-refractivity contribution is 0.0819. The number of aliphatic hydroxyl groups excluding tert-OH is 1. The van der Waals surface area contributed by atoms with E-state index in [1.807, 2.05) is 16.9 Å². The van der Waals surface area contributed by atoms with Crippen LogP contribution in [0.3, 0.4) is 0 Å². The smallest absolute Gasteiger partial charge is 0.0650 e. The van der Waals surface area contributed by atoms with Crippen molar-refractivity contribution < 1.29 is 9.84 Å². The molecule has 0 bridgehead atoms. The van der Waals surface area contributed by atoms with Crippen LogP contribution in [0.5, 0.6) is 0 Å². The zero-order chi connectivity index (χ0) is 14.1. The molecule has 110 valence electrons. The summed E-state index contributed by atoms with van der Waals surface area (Å²) in [5.74, 6) is 0. The Balaban J connectivity index is 2.36. The van der Waals surface area contributed by atoms with Gasteiger partial charge in [0.1, 0.15) is 0 Å². The van der Waals surface area contributed by atoms with Crippen molar-refractivity contribution in [3.8, 4) is 0 Å². The van der Waals surface area contributed by atoms with Gasteiger partial charge in [-0.05, 0) is 31.7 Å². The molecule has 4 nitrogen and oxygen atoms in total. The van der Waals surface area contributed by atoms with E-state index >= 15 is 0 Å². The molecule has 0 aliphatic carbocycles. The number of nitrogens with zero attached hydrogens (tertiary/aromatic N) is 2. The Morgan fingerprint density at radius 1 is 1.26 bits per heavy atom. The van der Waals surface area contributed by atoms with Gasteiger partial charge in [-0.25, -0.2) is 0 Å². The van der Waals surface area contributed by atoms with E-state index in [2.05, 4.69) is 25.9 Å². The van der Waals surface area contributed by atoms with Crippen molar-refractivity contribution >= 4 is 0 Å². The van der Waals surface area contributed by atoms with Crippen molar-refractivity contribution in [2.75, 3.05) is 13.2 Å². The van der Waals surface area contributed by atoms with Crippen molar-refractivity contribution in [3.63, 3.8) is 0 Å². The predicted octanol–water partition coefficient (Wildman–Crippen LogP) is 2.96. The lowest BCUT2D eigenvalue weighted by Crippen LogP contribution is -2.15. The maximum absolute atomic E-state index is 9.93. The average Bonchev–Trinajstić information content (AvgIpc) is 2.84. The van der Waals surface area contributed by atoms with Gasteiger partial charge in [0, 0.05) is 25.8 Å². The van der Waals surface area contributed by atoms with Gasteiger partial charge in [-0.3, -0.25) is 4.68 Å². The number of hydrogen-bond acceptors (Lipinski definition) is 3. The fraction of sp³-hybridized carbons (Fsp3) is 0.800. The van der Waals surface area contributed by atoms with Crippen LogP contribution in [-0.2, 0) is 11.2 Å². The van der Waals surface area contributed by atoms with Crippen molar-refractivity contribution in [2.24, 2.45) is 0 Å². The molecule has 4 heteroatoms. The standard InChI is InChI=1S/C15H28N2O2/c1-4-10-19-11-8-15(18)12-13-7-9-17(16-13)14(5-2)6-3/h7,9,14-15,18H,4-6,8,10-12H2,1-3H3. The van der Waals surface area contributed by atoms with Crippen molar-refractivity contribution in [1.29, 1.82) is 0 Å². The molecular weight excluding hydrogens is 240 g/mol. The summed E-state index contributed by atoms with van der Waals surface area (Å²) in [6.07, 6.45) is 6.15. The number of aromatic nitrogens is 2. The molecule has 1 heterocycles. The Bertz CT molecular complexity index is 335. The normalized spacial score (nSPS) is 13.1. The zero-order valence-corrected chi connectivity index (χ0v) is 12.5. The highest BCUT2D eigenvalue weighted by molar-refractivity contribution is 5.01. The summed E-state index contributed by atoms with van der Waals surface area (Å²) >= 11 is 0. The van der Waals surface area contributed by atoms with E-state index in [4.69, 9.17) is 4.74 Å². The second-order valence-electron chi connectivity index (χ2n) is 5.02. The van der Waals surface area contributed by atoms with E-state index in [9.17, 15) is 5.11 Å². The van der Waals surface area contributed by atoms with E-state index in [0.29, 0.717) is 25.5 Å². The molecule has 19 heavy (non-hydrogen) atoms. The minimum atomic E-state index is -0.359. The number of ether oxygens (including phenoxy) is 1. The molecule has 0 aliphatic heterocycles. The second-order valence-corrected chi connectivity index (χ2v) is 5.02. The molecule has 1 aromatic rings. The summed E-state index contributed by atoms with van der Waals surface area (Å²) in [4.78, 5) is 0. The van der Waals surface area contributed by atoms with Gasteiger partial charge in [-0.15, -0.1) is 0 Å². The fourth-order valence-corrected chi connectivity index (χ4v) is 2.16. The van der Waals surface area contributed by atoms with Gasteiger partial charge in [-0.2, -0.15) is 5.10 Å². The third-order valence-electron chi connectivity index (χ3n) is 3.37. The summed E-state index contributed by atoms with van der Waals surface area (Å²) in [5.41, 5.74) is 0.967. The SMILES string of the molecule is CCCOCCC(O)Cc1ccn(C(CC)CC)n1. The Labute approximate surface area is 116 Å². The molecule has 0 saturated heterocycles. The minimum Gasteiger partial charge on any atom is -0.393 e. The first-order valence-electron chi connectivity index (χ1n) is 7.51. The maximum Gasteiger partial charge on any atom is 0.0650 e. The maximum atomic E-state index is 9.93. The monoisotopic (exact) mass is 268 g/mol. The predicted molar refractivity (Wildman–Crippen MR) is 77.3 cm³/mol. The van der Waals surface area contributed by atoms with Gasteiger partial charge in [-0.1, -0.05) is 20.8 Å². The molecule has 1 atom stereocenters. The van der Waals surface area contributed by atoms with Crippen LogP contribution in [-0.4, -0.2) is 34.2 Å². The Hall–Kier alpha value is -0.870. The second kappa shape index (κ2) is 9.10. The summed E-state index contributed by atoms with van der Waals surface area (Å²) in [6, 6.07) is 2.48. The lowest BCUT2D eigenvalue weighted by Gasteiger charge is -2.13. The number of hydrogen-bond donors (Lipinski definition) is 1. The van der Waals surface area contributed by atoms with Gasteiger partial charge in [0.2, 0.25) is 0 Å². The summed E-state index contributed by atoms with van der Waals surface area (Å²) in [5, 5.41) is 14.5. The fourth-order valence-electron chi connectivity index (χ4n) is 2.16. The van der Waals surface area contributed by atoms with Crippen LogP contribution < -0.4 is 0 Å². The zero-order valence-electron chi connectivity index (χ0n) is 12.5. The molecule has 0 saturated carbocycles. The van der Waals surface area contributed by atoms with Gasteiger partial charge in [0.05, 0.1) is 17.8 Å². The highest BCUT2D eigenvalue weighted by Gasteiger charge is 2.11. The number of aliphatic hydroxyl groups is 1. The lowest BCUT2D eigenvalue weighted by atomic mass is 10.1. The molecule has 0 fully saturated rings. The van der Waals surface area contributed by atoms with Crippen molar-refractivity contribution in [3.05, 3.63) is 18.0 Å². The largest absolute Gasteiger partial charge is 0.393 e. The van der Waals surface area contributed by atoms with Crippen LogP contribution >= 0.6 is 0 Å². The highest BCUT2D eigenvalue weighted by Crippen LogP contribution is 2.15. The first kappa shape index (κ1) is 16.2. The molecule has 1 rings (SSSR count). The average molecular weight is 268 g/mol. The van der Waals surface area contributed by atoms with E-state index in [-0.39, 0.29) is 6.10 Å². The van der Waals surface area contributed by atoms with Crippen molar-refractivity contribution in [2.45, 2.75) is 65.0 Å². The molecule has 1 N–H and O–H groups in total. The van der Waals surface area contributed by atoms with Crippen LogP contribution in [0.15, 0.2) is 12.3 Å². The van der Waals surface area contributed by atoms with Gasteiger partial charge >= 0.3 is 0 Å². The van der Waals surface area contributed by atoms with Gasteiger partial charge in [0.15, 0.2) is 0 Å². The molecule has 0 amide bonds. The number of rotatable bonds is 10. The highest BCUT2D eigenvalue weighted by atomic mass is 16.5. The Morgan fingerprint density at radius 2 is 2.00 bits per heavy atom. The molecule has 0 spiro atoms. The third-order valence-corrected chi connectivity index (χ3v) is 3.37. The van der Waals surface area contributed by atoms with Crippen LogP contribution in [0.25, 0.3) is 0 Å². The van der Waals surface area contributed by atoms with E-state index in [1.54, 1.807) is 0 Å². The van der Waals surface area contributed by atoms with E-state index < -0.39 is 0 Å². The Kier molecular flexibility index (Phi) is 7.75.